The molecule has 0 bridgehead atoms. The second-order valence-electron chi connectivity index (χ2n) is 9.18. The number of H-pyrrole nitrogens is 1. The van der Waals surface area contributed by atoms with Gasteiger partial charge in [0.15, 0.2) is 5.76 Å². The molecule has 6 N–H and O–H groups in total. The number of nitrogens with zero attached hydrogens (tertiary/aromatic N) is 3. The number of hydrogen-bond acceptors (Lipinski definition) is 6. The lowest BCUT2D eigenvalue weighted by Crippen LogP contribution is -2.46. The Hall–Kier alpha value is -3.65. The number of aryl methyl sites for hydroxylation is 1. The molecule has 2 aromatic carbocycles. The van der Waals surface area contributed by atoms with Crippen LogP contribution in [0.4, 0.5) is 5.69 Å². The number of nitrogens with one attached hydrogen (secondary N) is 1. The van der Waals surface area contributed by atoms with E-state index in [1.807, 2.05) is 30.3 Å². The number of aromatic amines is 1. The van der Waals surface area contributed by atoms with E-state index in [2.05, 4.69) is 33.1 Å². The van der Waals surface area contributed by atoms with E-state index in [4.69, 9.17) is 34.7 Å². The number of unbranched alkanes of at least 4 members (excludes halogenated alkanes) is 1. The van der Waals surface area contributed by atoms with Crippen molar-refractivity contribution in [3.05, 3.63) is 65.5 Å². The molecule has 2 aromatic heterocycles. The zero-order valence-corrected chi connectivity index (χ0v) is 21.6. The summed E-state index contributed by atoms with van der Waals surface area (Å²) in [6.07, 6.45) is 5.38. The minimum absolute atomic E-state index is 0.199. The van der Waals surface area contributed by atoms with E-state index in [1.165, 1.54) is 10.9 Å². The number of aromatic nitrogens is 1. The Bertz CT molecular complexity index is 1500. The van der Waals surface area contributed by atoms with Crippen LogP contribution in [0.2, 0.25) is 0 Å². The van der Waals surface area contributed by atoms with Gasteiger partial charge < -0.3 is 34.7 Å². The maximum Gasteiger partial charge on any atom is 0.466 e. The lowest BCUT2D eigenvalue weighted by Gasteiger charge is -2.36. The number of nitrogens with two attached hydrogens (primary N) is 1. The predicted molar refractivity (Wildman–Crippen MR) is 144 cm³/mol. The maximum absolute atomic E-state index is 11.4. The van der Waals surface area contributed by atoms with Gasteiger partial charge in [0.05, 0.1) is 11.6 Å². The summed E-state index contributed by atoms with van der Waals surface area (Å²) in [5.74, 6) is -0.344. The number of hydrogen-bond donors (Lipinski definition) is 5. The minimum Gasteiger partial charge on any atom is -0.451 e. The highest BCUT2D eigenvalue weighted by Crippen LogP contribution is 2.27. The Morgan fingerprint density at radius 2 is 1.82 bits per heavy atom. The van der Waals surface area contributed by atoms with Crippen LogP contribution in [-0.4, -0.2) is 63.2 Å². The standard InChI is InChI=1S/C26H27N5O2.H3O4P/c27-16-18-4-6-23-22(13-18)19(17-29-23)3-1-2-8-30-9-11-31(12-10-30)21-5-7-24-20(14-21)15-25(33-24)26(28)32;1-5(2,3)4/h4-7,13-15,17,29H,1-3,8-12H2,(H2,28,32);(H3,1,2,3,4). The van der Waals surface area contributed by atoms with E-state index in [0.717, 1.165) is 68.6 Å². The SMILES string of the molecule is N#Cc1ccc2[nH]cc(CCCCN3CCN(c4ccc5oc(C(N)=O)cc5c4)CC3)c2c1.O=P(O)(O)O. The Balaban J connectivity index is 0.000000617. The van der Waals surface area contributed by atoms with Gasteiger partial charge in [0.2, 0.25) is 0 Å². The molecule has 1 saturated heterocycles. The van der Waals surface area contributed by atoms with E-state index in [9.17, 15) is 4.79 Å². The number of phosphoric acid groups is 1. The molecule has 0 aliphatic carbocycles. The highest BCUT2D eigenvalue weighted by molar-refractivity contribution is 7.45. The van der Waals surface area contributed by atoms with Gasteiger partial charge in [-0.05, 0) is 73.8 Å². The Morgan fingerprint density at radius 1 is 1.08 bits per heavy atom. The zero-order chi connectivity index (χ0) is 27.3. The molecule has 1 amide bonds. The number of piperazine rings is 1. The van der Waals surface area contributed by atoms with Crippen molar-refractivity contribution in [2.24, 2.45) is 5.73 Å². The molecule has 0 saturated carbocycles. The molecular weight excluding hydrogens is 509 g/mol. The number of fused-ring (bicyclic) bond motifs is 2. The Morgan fingerprint density at radius 3 is 2.50 bits per heavy atom. The molecule has 1 aliphatic rings. The largest absolute Gasteiger partial charge is 0.466 e. The number of anilines is 1. The first-order valence-corrected chi connectivity index (χ1v) is 13.8. The summed E-state index contributed by atoms with van der Waals surface area (Å²) in [7, 11) is -4.64. The van der Waals surface area contributed by atoms with Crippen LogP contribution in [0, 0.1) is 11.3 Å². The fraction of sp³-hybridized carbons (Fsp3) is 0.308. The Kier molecular flexibility index (Phi) is 8.52. The third-order valence-corrected chi connectivity index (χ3v) is 6.55. The molecule has 200 valence electrons. The minimum atomic E-state index is -4.64. The smallest absolute Gasteiger partial charge is 0.451 e. The van der Waals surface area contributed by atoms with Crippen LogP contribution in [-0.2, 0) is 11.0 Å². The zero-order valence-electron chi connectivity index (χ0n) is 20.7. The molecule has 12 heteroatoms. The van der Waals surface area contributed by atoms with Gasteiger partial charge in [0.25, 0.3) is 5.91 Å². The van der Waals surface area contributed by atoms with Crippen LogP contribution in [0.1, 0.15) is 34.5 Å². The lowest BCUT2D eigenvalue weighted by atomic mass is 10.1. The number of carbonyl (C=O) groups excluding carboxylic acids is 1. The summed E-state index contributed by atoms with van der Waals surface area (Å²) in [5, 5.41) is 11.2. The van der Waals surface area contributed by atoms with Crippen molar-refractivity contribution in [3.63, 3.8) is 0 Å². The fourth-order valence-corrected chi connectivity index (χ4v) is 4.68. The van der Waals surface area contributed by atoms with Crippen molar-refractivity contribution in [2.75, 3.05) is 37.6 Å². The average molecular weight is 540 g/mol. The third-order valence-electron chi connectivity index (χ3n) is 6.55. The first-order chi connectivity index (χ1) is 18.1. The summed E-state index contributed by atoms with van der Waals surface area (Å²) in [6.45, 7) is 5.13. The van der Waals surface area contributed by atoms with Gasteiger partial charge in [0, 0.05) is 54.4 Å². The van der Waals surface area contributed by atoms with E-state index in [-0.39, 0.29) is 5.76 Å². The summed E-state index contributed by atoms with van der Waals surface area (Å²) < 4.78 is 14.4. The van der Waals surface area contributed by atoms with Gasteiger partial charge in [0.1, 0.15) is 5.58 Å². The molecule has 0 spiro atoms. The second kappa shape index (κ2) is 11.8. The highest BCUT2D eigenvalue weighted by Gasteiger charge is 2.18. The van der Waals surface area contributed by atoms with Crippen molar-refractivity contribution in [1.29, 1.82) is 5.26 Å². The van der Waals surface area contributed by atoms with Crippen LogP contribution < -0.4 is 10.6 Å². The topological polar surface area (TPSA) is 180 Å². The molecule has 3 heterocycles. The van der Waals surface area contributed by atoms with Gasteiger partial charge in [-0.15, -0.1) is 0 Å². The van der Waals surface area contributed by atoms with Crippen LogP contribution in [0.25, 0.3) is 21.9 Å². The Labute approximate surface area is 219 Å². The van der Waals surface area contributed by atoms with Gasteiger partial charge in [-0.2, -0.15) is 5.26 Å². The summed E-state index contributed by atoms with van der Waals surface area (Å²) in [6, 6.07) is 15.8. The summed E-state index contributed by atoms with van der Waals surface area (Å²) in [4.78, 5) is 41.1. The molecular formula is C26H30N5O6P. The van der Waals surface area contributed by atoms with Crippen molar-refractivity contribution in [1.82, 2.24) is 9.88 Å². The quantitative estimate of drug-likeness (QED) is 0.174. The second-order valence-corrected chi connectivity index (χ2v) is 10.2. The van der Waals surface area contributed by atoms with Gasteiger partial charge in [-0.1, -0.05) is 0 Å². The maximum atomic E-state index is 11.4. The van der Waals surface area contributed by atoms with Crippen molar-refractivity contribution in [3.8, 4) is 6.07 Å². The van der Waals surface area contributed by atoms with Crippen molar-refractivity contribution in [2.45, 2.75) is 19.3 Å². The molecule has 11 nitrogen and oxygen atoms in total. The molecule has 5 rings (SSSR count). The first-order valence-electron chi connectivity index (χ1n) is 12.2. The predicted octanol–water partition coefficient (Wildman–Crippen LogP) is 3.10. The van der Waals surface area contributed by atoms with Crippen LogP contribution in [0.3, 0.4) is 0 Å². The third kappa shape index (κ3) is 7.22. The van der Waals surface area contributed by atoms with Crippen molar-refractivity contribution < 1.29 is 28.5 Å². The van der Waals surface area contributed by atoms with Crippen LogP contribution >= 0.6 is 7.82 Å². The molecule has 38 heavy (non-hydrogen) atoms. The van der Waals surface area contributed by atoms with Gasteiger partial charge >= 0.3 is 7.82 Å². The number of benzene rings is 2. The fourth-order valence-electron chi connectivity index (χ4n) is 4.68. The molecule has 1 fully saturated rings. The van der Waals surface area contributed by atoms with Crippen LogP contribution in [0.15, 0.2) is 53.1 Å². The number of primary amides is 1. The molecule has 1 aliphatic heterocycles. The van der Waals surface area contributed by atoms with E-state index >= 15 is 0 Å². The number of rotatable bonds is 7. The van der Waals surface area contributed by atoms with Gasteiger partial charge in [-0.3, -0.25) is 9.69 Å². The highest BCUT2D eigenvalue weighted by atomic mass is 31.2. The summed E-state index contributed by atoms with van der Waals surface area (Å²) >= 11 is 0. The lowest BCUT2D eigenvalue weighted by molar-refractivity contribution is 0.0976. The molecule has 0 radical (unpaired) electrons. The molecule has 4 aromatic rings. The number of carbonyl (C=O) groups is 1. The number of furan rings is 1. The number of amides is 1. The molecule has 0 atom stereocenters. The first kappa shape index (κ1) is 27.4. The van der Waals surface area contributed by atoms with Gasteiger partial charge in [-0.25, -0.2) is 4.57 Å². The average Bonchev–Trinajstić information content (AvgIpc) is 3.49. The van der Waals surface area contributed by atoms with Crippen LogP contribution in [0.5, 0.6) is 0 Å². The van der Waals surface area contributed by atoms with E-state index < -0.39 is 13.7 Å². The number of nitriles is 1. The molecule has 0 unspecified atom stereocenters. The van der Waals surface area contributed by atoms with E-state index in [1.54, 1.807) is 6.07 Å². The van der Waals surface area contributed by atoms with E-state index in [0.29, 0.717) is 11.1 Å². The monoisotopic (exact) mass is 539 g/mol. The summed E-state index contributed by atoms with van der Waals surface area (Å²) in [5.41, 5.74) is 10.3. The van der Waals surface area contributed by atoms with Crippen molar-refractivity contribution >= 4 is 41.3 Å². The normalized spacial score (nSPS) is 14.3.